The lowest BCUT2D eigenvalue weighted by atomic mass is 9.93. The van der Waals surface area contributed by atoms with Gasteiger partial charge in [0.2, 0.25) is 11.8 Å². The van der Waals surface area contributed by atoms with Crippen LogP contribution in [0.2, 0.25) is 0 Å². The van der Waals surface area contributed by atoms with Crippen LogP contribution in [0.15, 0.2) is 66.2 Å². The molecule has 1 aliphatic rings. The molecule has 3 heterocycles. The molecule has 0 unspecified atom stereocenters. The van der Waals surface area contributed by atoms with Crippen LogP contribution >= 0.6 is 11.3 Å². The van der Waals surface area contributed by atoms with Crippen LogP contribution in [-0.4, -0.2) is 59.4 Å². The number of aromatic nitrogens is 1. The summed E-state index contributed by atoms with van der Waals surface area (Å²) < 4.78 is 5.56. The first-order valence-electron chi connectivity index (χ1n) is 10.9. The van der Waals surface area contributed by atoms with E-state index in [4.69, 9.17) is 4.74 Å². The lowest BCUT2D eigenvalue weighted by Crippen LogP contribution is -2.40. The van der Waals surface area contributed by atoms with Crippen molar-refractivity contribution in [2.45, 2.75) is 13.3 Å². The lowest BCUT2D eigenvalue weighted by Gasteiger charge is -2.24. The van der Waals surface area contributed by atoms with Crippen molar-refractivity contribution < 1.29 is 14.3 Å². The minimum Gasteiger partial charge on any atom is -0.468 e. The number of benzene rings is 1. The fraction of sp³-hybridized carbons (Fsp3) is 0.320. The Hall–Kier alpha value is -3.19. The van der Waals surface area contributed by atoms with E-state index in [1.54, 1.807) is 34.6 Å². The normalized spacial score (nSPS) is 16.7. The van der Waals surface area contributed by atoms with Gasteiger partial charge in [-0.15, -0.1) is 11.3 Å². The number of thiophene rings is 1. The van der Waals surface area contributed by atoms with Crippen LogP contribution in [0, 0.1) is 5.92 Å². The van der Waals surface area contributed by atoms with Crippen molar-refractivity contribution >= 4 is 23.2 Å². The Morgan fingerprint density at radius 3 is 2.72 bits per heavy atom. The lowest BCUT2D eigenvalue weighted by molar-refractivity contribution is -0.135. The molecular weight excluding hydrogens is 422 g/mol. The molecule has 1 aliphatic heterocycles. The zero-order valence-corrected chi connectivity index (χ0v) is 19.0. The summed E-state index contributed by atoms with van der Waals surface area (Å²) >= 11 is 1.69. The highest BCUT2D eigenvalue weighted by Gasteiger charge is 2.32. The second-order valence-electron chi connectivity index (χ2n) is 7.75. The highest BCUT2D eigenvalue weighted by molar-refractivity contribution is 7.13. The molecule has 4 rings (SSSR count). The molecule has 1 saturated heterocycles. The van der Waals surface area contributed by atoms with Gasteiger partial charge >= 0.3 is 0 Å². The number of pyridine rings is 1. The van der Waals surface area contributed by atoms with Crippen LogP contribution in [0.25, 0.3) is 10.4 Å². The Balaban J connectivity index is 1.51. The SMILES string of the molecule is CCN1CCN(C(=O)COc2ccccn2)C[C@H](Cc2ccccc2-c2cccs2)C1=O. The van der Waals surface area contributed by atoms with E-state index in [9.17, 15) is 9.59 Å². The van der Waals surface area contributed by atoms with Gasteiger partial charge in [-0.05, 0) is 42.0 Å². The standard InChI is InChI=1S/C25H27N3O3S/c1-2-27-13-14-28(24(29)18-31-23-11-5-6-12-26-23)17-20(25(27)30)16-19-8-3-4-9-21(19)22-10-7-15-32-22/h3-12,15,20H,2,13-14,16-18H2,1H3/t20-/m0/s1. The van der Waals surface area contributed by atoms with Gasteiger partial charge in [-0.25, -0.2) is 4.98 Å². The van der Waals surface area contributed by atoms with Gasteiger partial charge in [0.25, 0.3) is 5.91 Å². The van der Waals surface area contributed by atoms with Crippen molar-refractivity contribution in [1.82, 2.24) is 14.8 Å². The fourth-order valence-corrected chi connectivity index (χ4v) is 4.82. The van der Waals surface area contributed by atoms with Crippen LogP contribution in [0.3, 0.4) is 0 Å². The molecule has 0 N–H and O–H groups in total. The summed E-state index contributed by atoms with van der Waals surface area (Å²) in [6.07, 6.45) is 2.22. The van der Waals surface area contributed by atoms with E-state index in [0.29, 0.717) is 38.5 Å². The smallest absolute Gasteiger partial charge is 0.260 e. The Kier molecular flexibility index (Phi) is 7.17. The summed E-state index contributed by atoms with van der Waals surface area (Å²) in [4.78, 5) is 35.1. The molecule has 0 bridgehead atoms. The summed E-state index contributed by atoms with van der Waals surface area (Å²) in [5.74, 6) is 0.105. The molecular formula is C25H27N3O3S. The van der Waals surface area contributed by atoms with Gasteiger partial charge in [-0.3, -0.25) is 9.59 Å². The van der Waals surface area contributed by atoms with E-state index < -0.39 is 0 Å². The Morgan fingerprint density at radius 1 is 1.12 bits per heavy atom. The molecule has 1 atom stereocenters. The highest BCUT2D eigenvalue weighted by atomic mass is 32.1. The van der Waals surface area contributed by atoms with E-state index in [-0.39, 0.29) is 24.3 Å². The predicted molar refractivity (Wildman–Crippen MR) is 126 cm³/mol. The van der Waals surface area contributed by atoms with Gasteiger partial charge in [0, 0.05) is 43.3 Å². The molecule has 1 aromatic carbocycles. The molecule has 0 spiro atoms. The van der Waals surface area contributed by atoms with E-state index in [2.05, 4.69) is 28.6 Å². The molecule has 0 saturated carbocycles. The van der Waals surface area contributed by atoms with Crippen LogP contribution in [0.4, 0.5) is 0 Å². The van der Waals surface area contributed by atoms with Gasteiger partial charge in [0.15, 0.2) is 6.61 Å². The third-order valence-electron chi connectivity index (χ3n) is 5.73. The summed E-state index contributed by atoms with van der Waals surface area (Å²) in [6, 6.07) is 17.7. The molecule has 166 valence electrons. The van der Waals surface area contributed by atoms with Crippen molar-refractivity contribution in [2.24, 2.45) is 5.92 Å². The number of amides is 2. The van der Waals surface area contributed by atoms with Crippen molar-refractivity contribution in [3.8, 4) is 16.3 Å². The third kappa shape index (κ3) is 5.16. The first-order valence-corrected chi connectivity index (χ1v) is 11.8. The van der Waals surface area contributed by atoms with Crippen molar-refractivity contribution in [3.05, 3.63) is 71.7 Å². The number of carbonyl (C=O) groups excluding carboxylic acids is 2. The maximum Gasteiger partial charge on any atom is 0.260 e. The summed E-state index contributed by atoms with van der Waals surface area (Å²) in [5, 5.41) is 2.06. The molecule has 6 nitrogen and oxygen atoms in total. The summed E-state index contributed by atoms with van der Waals surface area (Å²) in [7, 11) is 0. The third-order valence-corrected chi connectivity index (χ3v) is 6.63. The average Bonchev–Trinajstić information content (AvgIpc) is 3.32. The number of rotatable bonds is 7. The number of hydrogen-bond donors (Lipinski definition) is 0. The zero-order chi connectivity index (χ0) is 22.3. The maximum absolute atomic E-state index is 13.3. The van der Waals surface area contributed by atoms with Crippen molar-refractivity contribution in [3.63, 3.8) is 0 Å². The zero-order valence-electron chi connectivity index (χ0n) is 18.1. The van der Waals surface area contributed by atoms with E-state index in [0.717, 1.165) is 11.1 Å². The minimum atomic E-state index is -0.294. The highest BCUT2D eigenvalue weighted by Crippen LogP contribution is 2.30. The maximum atomic E-state index is 13.3. The number of ether oxygens (including phenoxy) is 1. The van der Waals surface area contributed by atoms with E-state index >= 15 is 0 Å². The topological polar surface area (TPSA) is 62.7 Å². The number of hydrogen-bond acceptors (Lipinski definition) is 5. The van der Waals surface area contributed by atoms with Crippen LogP contribution in [0.1, 0.15) is 12.5 Å². The number of carbonyl (C=O) groups is 2. The minimum absolute atomic E-state index is 0.0875. The average molecular weight is 450 g/mol. The van der Waals surface area contributed by atoms with Crippen molar-refractivity contribution in [1.29, 1.82) is 0 Å². The largest absolute Gasteiger partial charge is 0.468 e. The first-order chi connectivity index (χ1) is 15.7. The van der Waals surface area contributed by atoms with Crippen LogP contribution < -0.4 is 4.74 Å². The van der Waals surface area contributed by atoms with Gasteiger partial charge in [-0.2, -0.15) is 0 Å². The van der Waals surface area contributed by atoms with Gasteiger partial charge < -0.3 is 14.5 Å². The molecule has 2 aromatic heterocycles. The van der Waals surface area contributed by atoms with E-state index in [1.807, 2.05) is 36.1 Å². The summed E-state index contributed by atoms with van der Waals surface area (Å²) in [5.41, 5.74) is 2.28. The second-order valence-corrected chi connectivity index (χ2v) is 8.70. The Bertz CT molecular complexity index is 1040. The fourth-order valence-electron chi connectivity index (χ4n) is 4.03. The molecule has 32 heavy (non-hydrogen) atoms. The van der Waals surface area contributed by atoms with Gasteiger partial charge in [-0.1, -0.05) is 36.4 Å². The molecule has 0 aliphatic carbocycles. The molecule has 3 aromatic rings. The Labute approximate surface area is 192 Å². The second kappa shape index (κ2) is 10.4. The Morgan fingerprint density at radius 2 is 1.97 bits per heavy atom. The van der Waals surface area contributed by atoms with Gasteiger partial charge in [0.05, 0.1) is 5.92 Å². The predicted octanol–water partition coefficient (Wildman–Crippen LogP) is 3.74. The van der Waals surface area contributed by atoms with Crippen LogP contribution in [-0.2, 0) is 16.0 Å². The van der Waals surface area contributed by atoms with Gasteiger partial charge in [0.1, 0.15) is 0 Å². The molecule has 7 heteroatoms. The number of likely N-dealkylation sites (N-methyl/N-ethyl adjacent to an activating group) is 1. The molecule has 2 amide bonds. The first kappa shape index (κ1) is 22.0. The van der Waals surface area contributed by atoms with Crippen LogP contribution in [0.5, 0.6) is 5.88 Å². The quantitative estimate of drug-likeness (QED) is 0.551. The monoisotopic (exact) mass is 449 g/mol. The molecule has 1 fully saturated rings. The number of nitrogens with zero attached hydrogens (tertiary/aromatic N) is 3. The molecule has 0 radical (unpaired) electrons. The van der Waals surface area contributed by atoms with Crippen molar-refractivity contribution in [2.75, 3.05) is 32.8 Å². The summed E-state index contributed by atoms with van der Waals surface area (Å²) in [6.45, 7) is 3.96. The van der Waals surface area contributed by atoms with E-state index in [1.165, 1.54) is 4.88 Å².